The maximum Gasteiger partial charge on any atom is 0.303 e. The summed E-state index contributed by atoms with van der Waals surface area (Å²) >= 11 is 0. The number of fused-ring (bicyclic) bond motifs is 8. The number of H-pyrrole nitrogens is 4. The van der Waals surface area contributed by atoms with Gasteiger partial charge in [0.25, 0.3) is 0 Å². The van der Waals surface area contributed by atoms with Crippen LogP contribution in [0.25, 0.3) is 36.5 Å². The van der Waals surface area contributed by atoms with E-state index >= 15 is 0 Å². The van der Waals surface area contributed by atoms with Gasteiger partial charge in [-0.1, -0.05) is 12.2 Å². The Balaban J connectivity index is 1.94. The lowest BCUT2D eigenvalue weighted by Crippen LogP contribution is -2.24. The van der Waals surface area contributed by atoms with E-state index < -0.39 is 11.9 Å². The molecule has 0 spiro atoms. The van der Waals surface area contributed by atoms with Crippen molar-refractivity contribution >= 4 is 48.4 Å². The molecule has 5 rings (SSSR count). The Kier molecular flexibility index (Phi) is 7.73. The normalized spacial score (nSPS) is 16.6. The van der Waals surface area contributed by atoms with Gasteiger partial charge in [-0.05, 0) is 123 Å². The first kappa shape index (κ1) is 28.8. The van der Waals surface area contributed by atoms with Crippen LogP contribution in [0.2, 0.25) is 0 Å². The summed E-state index contributed by atoms with van der Waals surface area (Å²) in [6.07, 6.45) is 13.3. The lowest BCUT2D eigenvalue weighted by molar-refractivity contribution is -0.138. The third-order valence-corrected chi connectivity index (χ3v) is 8.55. The summed E-state index contributed by atoms with van der Waals surface area (Å²) in [4.78, 5) is 37.4. The minimum Gasteiger partial charge on any atom is -0.481 e. The first-order chi connectivity index (χ1) is 20.0. The van der Waals surface area contributed by atoms with Gasteiger partial charge in [-0.2, -0.15) is 0 Å². The second kappa shape index (κ2) is 11.3. The van der Waals surface area contributed by atoms with Gasteiger partial charge in [0.15, 0.2) is 0 Å². The molecule has 0 unspecified atom stereocenters. The standard InChI is InChI=1S/C34H38N4O4/c1-7-21-17(3)25-13-26-19(5)23(9-11-33(39)40)31(37-26)16-32-24(10-12-34(41)42)20(6)28(38-32)15-30-22(8-2)18(4)27(36-30)14-29(21)35-25/h7-8,13-16,35-38H,9-12H2,1-6H3,(H,39,40)(H,41,42)/b21-7+,22-8-,26-13-,29-14-,30-15+,31-16-. The van der Waals surface area contributed by atoms with Crippen LogP contribution in [0.4, 0.5) is 0 Å². The average molecular weight is 567 g/mol. The highest BCUT2D eigenvalue weighted by molar-refractivity contribution is 5.69. The van der Waals surface area contributed by atoms with Crippen LogP contribution in [0.15, 0.2) is 0 Å². The first-order valence-electron chi connectivity index (χ1n) is 14.3. The van der Waals surface area contributed by atoms with Crippen LogP contribution < -0.4 is 31.8 Å². The largest absolute Gasteiger partial charge is 0.481 e. The van der Waals surface area contributed by atoms with Gasteiger partial charge in [-0.3, -0.25) is 9.59 Å². The second-order valence-electron chi connectivity index (χ2n) is 11.0. The minimum absolute atomic E-state index is 0.00727. The molecule has 218 valence electrons. The number of rotatable bonds is 6. The lowest BCUT2D eigenvalue weighted by Gasteiger charge is -2.01. The number of aromatic nitrogens is 4. The maximum absolute atomic E-state index is 11.5. The van der Waals surface area contributed by atoms with Crippen molar-refractivity contribution in [1.82, 2.24) is 19.9 Å². The van der Waals surface area contributed by atoms with Crippen LogP contribution in [0.1, 0.15) is 82.8 Å². The van der Waals surface area contributed by atoms with E-state index in [9.17, 15) is 19.8 Å². The van der Waals surface area contributed by atoms with Crippen molar-refractivity contribution in [1.29, 1.82) is 0 Å². The summed E-state index contributed by atoms with van der Waals surface area (Å²) < 4.78 is 0. The smallest absolute Gasteiger partial charge is 0.303 e. The molecule has 1 aliphatic rings. The van der Waals surface area contributed by atoms with Gasteiger partial charge >= 0.3 is 11.9 Å². The fraction of sp³-hybridized carbons (Fsp3) is 0.294. The molecule has 6 N–H and O–H groups in total. The van der Waals surface area contributed by atoms with Crippen molar-refractivity contribution in [2.75, 3.05) is 0 Å². The zero-order valence-corrected chi connectivity index (χ0v) is 25.0. The molecule has 42 heavy (non-hydrogen) atoms. The summed E-state index contributed by atoms with van der Waals surface area (Å²) in [6, 6.07) is 0. The highest BCUT2D eigenvalue weighted by atomic mass is 16.4. The lowest BCUT2D eigenvalue weighted by atomic mass is 10.0. The summed E-state index contributed by atoms with van der Waals surface area (Å²) in [7, 11) is 0. The van der Waals surface area contributed by atoms with Crippen LogP contribution >= 0.6 is 0 Å². The SMILES string of the molecule is C/C=c1/c(C)c2[nH]/c1=C/c1[nH]c(c(CCC(=O)O)c1C)/C=c1\[nH]/c(c(C)c1CCC(=O)O)=C\c1[nH]c(/c(=C/C)c1C)=C\2. The third kappa shape index (κ3) is 5.20. The monoisotopic (exact) mass is 566 g/mol. The molecule has 5 heterocycles. The summed E-state index contributed by atoms with van der Waals surface area (Å²) in [5.41, 5.74) is 9.79. The first-order valence-corrected chi connectivity index (χ1v) is 14.3. The predicted molar refractivity (Wildman–Crippen MR) is 166 cm³/mol. The van der Waals surface area contributed by atoms with Crippen LogP contribution in [0.3, 0.4) is 0 Å². The van der Waals surface area contributed by atoms with Gasteiger partial charge in [0, 0.05) is 57.0 Å². The molecular formula is C34H38N4O4. The zero-order valence-electron chi connectivity index (χ0n) is 25.0. The van der Waals surface area contributed by atoms with E-state index in [0.29, 0.717) is 12.8 Å². The number of aliphatic carboxylic acids is 2. The van der Waals surface area contributed by atoms with E-state index in [1.54, 1.807) is 0 Å². The highest BCUT2D eigenvalue weighted by Crippen LogP contribution is 2.22. The number of carboxylic acids is 2. The minimum atomic E-state index is -0.854. The number of nitrogens with one attached hydrogen (secondary N) is 4. The number of aromatic amines is 4. The molecule has 1 aliphatic heterocycles. The predicted octanol–water partition coefficient (Wildman–Crippen LogP) is 1.50. The average Bonchev–Trinajstić information content (AvgIpc) is 3.59. The molecule has 8 bridgehead atoms. The summed E-state index contributed by atoms with van der Waals surface area (Å²) in [5, 5.41) is 24.9. The van der Waals surface area contributed by atoms with E-state index in [2.05, 4.69) is 64.2 Å². The quantitative estimate of drug-likeness (QED) is 0.186. The summed E-state index contributed by atoms with van der Waals surface area (Å²) in [6.45, 7) is 12.3. The van der Waals surface area contributed by atoms with Crippen molar-refractivity contribution in [2.24, 2.45) is 0 Å². The Labute approximate surface area is 243 Å². The van der Waals surface area contributed by atoms with Crippen molar-refractivity contribution in [3.05, 3.63) is 88.0 Å². The van der Waals surface area contributed by atoms with Gasteiger partial charge in [0.2, 0.25) is 0 Å². The van der Waals surface area contributed by atoms with Crippen LogP contribution in [0, 0.1) is 27.7 Å². The zero-order chi connectivity index (χ0) is 30.3. The molecule has 0 fully saturated rings. The van der Waals surface area contributed by atoms with E-state index in [1.807, 2.05) is 33.8 Å². The third-order valence-electron chi connectivity index (χ3n) is 8.55. The van der Waals surface area contributed by atoms with E-state index in [1.165, 1.54) is 0 Å². The van der Waals surface area contributed by atoms with Crippen LogP contribution in [0.5, 0.6) is 0 Å². The van der Waals surface area contributed by atoms with E-state index in [-0.39, 0.29) is 12.8 Å². The van der Waals surface area contributed by atoms with Crippen LogP contribution in [-0.4, -0.2) is 42.1 Å². The molecule has 4 aromatic rings. The Bertz CT molecular complexity index is 2110. The van der Waals surface area contributed by atoms with E-state index in [4.69, 9.17) is 0 Å². The number of carbonyl (C=O) groups is 2. The molecule has 0 amide bonds. The van der Waals surface area contributed by atoms with Gasteiger partial charge in [0.05, 0.1) is 0 Å². The van der Waals surface area contributed by atoms with E-state index in [0.717, 1.165) is 88.0 Å². The molecule has 0 saturated carbocycles. The van der Waals surface area contributed by atoms with Crippen molar-refractivity contribution in [3.8, 4) is 0 Å². The molecule has 0 atom stereocenters. The number of hydrogen-bond acceptors (Lipinski definition) is 2. The molecule has 0 aromatic carbocycles. The van der Waals surface area contributed by atoms with Gasteiger partial charge in [-0.25, -0.2) is 0 Å². The fourth-order valence-corrected chi connectivity index (χ4v) is 6.15. The molecule has 0 radical (unpaired) electrons. The number of carboxylic acid groups (broad SMARTS) is 2. The molecule has 0 aliphatic carbocycles. The Morgan fingerprint density at radius 1 is 0.571 bits per heavy atom. The Hall–Kier alpha value is -4.72. The highest BCUT2D eigenvalue weighted by Gasteiger charge is 2.16. The Morgan fingerprint density at radius 2 is 1.02 bits per heavy atom. The van der Waals surface area contributed by atoms with Crippen LogP contribution in [-0.2, 0) is 22.4 Å². The van der Waals surface area contributed by atoms with Gasteiger partial charge < -0.3 is 30.1 Å². The number of hydrogen-bond donors (Lipinski definition) is 6. The van der Waals surface area contributed by atoms with Gasteiger partial charge in [0.1, 0.15) is 0 Å². The molecule has 0 saturated heterocycles. The van der Waals surface area contributed by atoms with Crippen molar-refractivity contribution in [2.45, 2.75) is 67.2 Å². The molecule has 8 heteroatoms. The molecule has 4 aromatic heterocycles. The van der Waals surface area contributed by atoms with Crippen molar-refractivity contribution in [3.63, 3.8) is 0 Å². The van der Waals surface area contributed by atoms with Gasteiger partial charge in [-0.15, -0.1) is 0 Å². The second-order valence-corrected chi connectivity index (χ2v) is 11.0. The maximum atomic E-state index is 11.5. The fourth-order valence-electron chi connectivity index (χ4n) is 6.15. The molecular weight excluding hydrogens is 528 g/mol. The summed E-state index contributed by atoms with van der Waals surface area (Å²) in [5.74, 6) is -1.71. The molecule has 8 nitrogen and oxygen atoms in total. The Morgan fingerprint density at radius 3 is 1.52 bits per heavy atom. The topological polar surface area (TPSA) is 138 Å². The van der Waals surface area contributed by atoms with Crippen molar-refractivity contribution < 1.29 is 19.8 Å².